The van der Waals surface area contributed by atoms with Gasteiger partial charge in [0.2, 0.25) is 0 Å². The van der Waals surface area contributed by atoms with Gasteiger partial charge in [0, 0.05) is 12.5 Å². The van der Waals surface area contributed by atoms with E-state index >= 15 is 0 Å². The van der Waals surface area contributed by atoms with Crippen molar-refractivity contribution < 1.29 is 14.3 Å². The number of hydrogen-bond acceptors (Lipinski definition) is 4. The fraction of sp³-hybridized carbons (Fsp3) is 0.654. The lowest BCUT2D eigenvalue weighted by Gasteiger charge is -2.28. The van der Waals surface area contributed by atoms with E-state index in [0.29, 0.717) is 25.2 Å². The maximum absolute atomic E-state index is 11.5. The van der Waals surface area contributed by atoms with Gasteiger partial charge >= 0.3 is 5.97 Å². The molecule has 1 atom stereocenters. The van der Waals surface area contributed by atoms with E-state index in [0.717, 1.165) is 43.9 Å². The molecule has 4 heteroatoms. The van der Waals surface area contributed by atoms with Crippen LogP contribution >= 0.6 is 0 Å². The molecule has 2 aliphatic rings. The van der Waals surface area contributed by atoms with Gasteiger partial charge in [-0.05, 0) is 87.6 Å². The first kappa shape index (κ1) is 22.9. The summed E-state index contributed by atoms with van der Waals surface area (Å²) in [6, 6.07) is 9.08. The molecule has 1 saturated carbocycles. The summed E-state index contributed by atoms with van der Waals surface area (Å²) >= 11 is 0. The van der Waals surface area contributed by atoms with Crippen LogP contribution in [0, 0.1) is 5.92 Å². The molecule has 166 valence electrons. The van der Waals surface area contributed by atoms with Crippen molar-refractivity contribution >= 4 is 11.5 Å². The third kappa shape index (κ3) is 7.16. The predicted octanol–water partition coefficient (Wildman–Crippen LogP) is 5.90. The van der Waals surface area contributed by atoms with Gasteiger partial charge in [-0.2, -0.15) is 0 Å². The Morgan fingerprint density at radius 3 is 2.53 bits per heavy atom. The van der Waals surface area contributed by atoms with Crippen LogP contribution in [0.2, 0.25) is 0 Å². The van der Waals surface area contributed by atoms with Crippen LogP contribution in [0.3, 0.4) is 0 Å². The second-order valence-electron chi connectivity index (χ2n) is 8.75. The molecule has 0 amide bonds. The van der Waals surface area contributed by atoms with Gasteiger partial charge in [-0.3, -0.25) is 4.79 Å². The first-order valence-electron chi connectivity index (χ1n) is 12.0. The quantitative estimate of drug-likeness (QED) is 0.383. The fourth-order valence-corrected chi connectivity index (χ4v) is 4.67. The number of esters is 1. The summed E-state index contributed by atoms with van der Waals surface area (Å²) in [6.07, 6.45) is 13.6. The highest BCUT2D eigenvalue weighted by Gasteiger charge is 2.21. The highest BCUT2D eigenvalue weighted by atomic mass is 16.5. The molecule has 1 N–H and O–H groups in total. The standard InChI is InChI=1S/C26H39NO3/c1-3-20-9-13-24(14-10-20)30-25-15-11-21(12-16-25)22-17-18-27-23(19-22)7-5-6-8-26(28)29-4-2/h11-12,15-16,19-20,23-24,27H,3-10,13-14,17-18H2,1-2H3/t20-,23?,24-. The van der Waals surface area contributed by atoms with Crippen molar-refractivity contribution in [3.63, 3.8) is 0 Å². The molecule has 0 saturated heterocycles. The topological polar surface area (TPSA) is 47.6 Å². The largest absolute Gasteiger partial charge is 0.490 e. The zero-order valence-corrected chi connectivity index (χ0v) is 18.8. The Balaban J connectivity index is 1.46. The van der Waals surface area contributed by atoms with Crippen LogP contribution in [0.4, 0.5) is 0 Å². The van der Waals surface area contributed by atoms with E-state index < -0.39 is 0 Å². The molecule has 1 aliphatic carbocycles. The molecule has 1 aromatic rings. The SMILES string of the molecule is CCOC(=O)CCCCC1C=C(c2ccc(O[C@H]3CC[C@H](CC)CC3)cc2)CCN1. The molecule has 0 spiro atoms. The van der Waals surface area contributed by atoms with E-state index in [2.05, 4.69) is 42.6 Å². The summed E-state index contributed by atoms with van der Waals surface area (Å²) in [5.74, 6) is 1.83. The zero-order valence-electron chi connectivity index (χ0n) is 18.8. The Kier molecular flexibility index (Phi) is 9.26. The highest BCUT2D eigenvalue weighted by Crippen LogP contribution is 2.30. The number of hydrogen-bond donors (Lipinski definition) is 1. The van der Waals surface area contributed by atoms with E-state index in [1.165, 1.54) is 43.2 Å². The Bertz CT molecular complexity index is 674. The Morgan fingerprint density at radius 2 is 1.83 bits per heavy atom. The normalized spacial score (nSPS) is 24.2. The van der Waals surface area contributed by atoms with E-state index in [9.17, 15) is 4.79 Å². The number of unbranched alkanes of at least 4 members (excludes halogenated alkanes) is 1. The molecule has 1 unspecified atom stereocenters. The zero-order chi connectivity index (χ0) is 21.2. The summed E-state index contributed by atoms with van der Waals surface area (Å²) in [7, 11) is 0. The molecule has 0 bridgehead atoms. The van der Waals surface area contributed by atoms with Crippen molar-refractivity contribution in [3.05, 3.63) is 35.9 Å². The van der Waals surface area contributed by atoms with E-state index in [1.807, 2.05) is 6.92 Å². The van der Waals surface area contributed by atoms with Crippen molar-refractivity contribution in [2.45, 2.75) is 90.2 Å². The number of ether oxygens (including phenoxy) is 2. The molecule has 1 aliphatic heterocycles. The third-order valence-corrected chi connectivity index (χ3v) is 6.55. The van der Waals surface area contributed by atoms with Crippen LogP contribution in [0.15, 0.2) is 30.3 Å². The van der Waals surface area contributed by atoms with Crippen molar-refractivity contribution in [2.24, 2.45) is 5.92 Å². The summed E-state index contributed by atoms with van der Waals surface area (Å²) in [6.45, 7) is 5.63. The van der Waals surface area contributed by atoms with E-state index in [4.69, 9.17) is 9.47 Å². The number of nitrogens with one attached hydrogen (secondary N) is 1. The third-order valence-electron chi connectivity index (χ3n) is 6.55. The van der Waals surface area contributed by atoms with Gasteiger partial charge in [0.15, 0.2) is 0 Å². The van der Waals surface area contributed by atoms with Gasteiger partial charge in [0.05, 0.1) is 12.7 Å². The molecule has 4 nitrogen and oxygen atoms in total. The summed E-state index contributed by atoms with van der Waals surface area (Å²) < 4.78 is 11.2. The average molecular weight is 414 g/mol. The van der Waals surface area contributed by atoms with Crippen molar-refractivity contribution in [1.29, 1.82) is 0 Å². The Hall–Kier alpha value is -1.81. The van der Waals surface area contributed by atoms with Crippen molar-refractivity contribution in [3.8, 4) is 5.75 Å². The summed E-state index contributed by atoms with van der Waals surface area (Å²) in [4.78, 5) is 11.5. The maximum Gasteiger partial charge on any atom is 0.305 e. The van der Waals surface area contributed by atoms with Crippen LogP contribution in [0.25, 0.3) is 5.57 Å². The van der Waals surface area contributed by atoms with Crippen LogP contribution in [-0.2, 0) is 9.53 Å². The lowest BCUT2D eigenvalue weighted by molar-refractivity contribution is -0.143. The van der Waals surface area contributed by atoms with E-state index in [-0.39, 0.29) is 5.97 Å². The second kappa shape index (κ2) is 12.1. The summed E-state index contributed by atoms with van der Waals surface area (Å²) in [5, 5.41) is 3.59. The Morgan fingerprint density at radius 1 is 1.07 bits per heavy atom. The molecular formula is C26H39NO3. The van der Waals surface area contributed by atoms with Gasteiger partial charge in [-0.15, -0.1) is 0 Å². The van der Waals surface area contributed by atoms with Gasteiger partial charge in [-0.25, -0.2) is 0 Å². The van der Waals surface area contributed by atoms with Crippen LogP contribution in [0.5, 0.6) is 5.75 Å². The number of benzene rings is 1. The van der Waals surface area contributed by atoms with Gasteiger partial charge < -0.3 is 14.8 Å². The highest BCUT2D eigenvalue weighted by molar-refractivity contribution is 5.69. The molecule has 1 fully saturated rings. The van der Waals surface area contributed by atoms with Crippen molar-refractivity contribution in [1.82, 2.24) is 5.32 Å². The molecular weight excluding hydrogens is 374 g/mol. The molecule has 3 rings (SSSR count). The number of carbonyl (C=O) groups is 1. The lowest BCUT2D eigenvalue weighted by atomic mass is 9.86. The number of carbonyl (C=O) groups excluding carboxylic acids is 1. The van der Waals surface area contributed by atoms with Gasteiger partial charge in [0.25, 0.3) is 0 Å². The van der Waals surface area contributed by atoms with Crippen molar-refractivity contribution in [2.75, 3.05) is 13.2 Å². The maximum atomic E-state index is 11.5. The lowest BCUT2D eigenvalue weighted by Crippen LogP contribution is -2.32. The monoisotopic (exact) mass is 413 g/mol. The first-order valence-corrected chi connectivity index (χ1v) is 12.0. The van der Waals surface area contributed by atoms with Crippen LogP contribution in [-0.4, -0.2) is 31.3 Å². The minimum absolute atomic E-state index is 0.0777. The minimum atomic E-state index is -0.0777. The predicted molar refractivity (Wildman–Crippen MR) is 123 cm³/mol. The smallest absolute Gasteiger partial charge is 0.305 e. The Labute approximate surface area is 182 Å². The van der Waals surface area contributed by atoms with Crippen LogP contribution in [0.1, 0.15) is 83.6 Å². The minimum Gasteiger partial charge on any atom is -0.490 e. The molecule has 30 heavy (non-hydrogen) atoms. The molecule has 0 radical (unpaired) electrons. The first-order chi connectivity index (χ1) is 14.7. The van der Waals surface area contributed by atoms with E-state index in [1.54, 1.807) is 0 Å². The molecule has 0 aromatic heterocycles. The fourth-order valence-electron chi connectivity index (χ4n) is 4.67. The van der Waals surface area contributed by atoms with Gasteiger partial charge in [0.1, 0.15) is 5.75 Å². The average Bonchev–Trinajstić information content (AvgIpc) is 2.78. The molecule has 1 aromatic carbocycles. The van der Waals surface area contributed by atoms with Crippen LogP contribution < -0.4 is 10.1 Å². The summed E-state index contributed by atoms with van der Waals surface area (Å²) in [5.41, 5.74) is 2.72. The molecule has 1 heterocycles. The second-order valence-corrected chi connectivity index (χ2v) is 8.75. The number of rotatable bonds is 10. The van der Waals surface area contributed by atoms with Gasteiger partial charge in [-0.1, -0.05) is 38.0 Å².